The molecule has 7 nitrogen and oxygen atoms in total. The molecule has 0 radical (unpaired) electrons. The quantitative estimate of drug-likeness (QED) is 0.769. The monoisotopic (exact) mass is 419 g/mol. The molecule has 1 fully saturated rings. The maximum atomic E-state index is 13.2. The van der Waals surface area contributed by atoms with Gasteiger partial charge in [-0.05, 0) is 51.0 Å². The Morgan fingerprint density at radius 3 is 2.29 bits per heavy atom. The van der Waals surface area contributed by atoms with Crippen LogP contribution >= 0.6 is 0 Å². The topological polar surface area (TPSA) is 86.8 Å². The molecule has 1 atom stereocenters. The van der Waals surface area contributed by atoms with E-state index in [0.717, 1.165) is 21.1 Å². The van der Waals surface area contributed by atoms with Gasteiger partial charge >= 0.3 is 0 Å². The zero-order valence-corrected chi connectivity index (χ0v) is 17.8. The van der Waals surface area contributed by atoms with E-state index < -0.39 is 23.8 Å². The highest BCUT2D eigenvalue weighted by molar-refractivity contribution is 6.23. The zero-order chi connectivity index (χ0) is 22.3. The fraction of sp³-hybridized carbons (Fsp3) is 0.333. The minimum atomic E-state index is -0.979. The Kier molecular flexibility index (Phi) is 5.13. The highest BCUT2D eigenvalue weighted by atomic mass is 16.2. The Labute approximate surface area is 181 Å². The van der Waals surface area contributed by atoms with Crippen molar-refractivity contribution < 1.29 is 19.2 Å². The molecule has 4 amide bonds. The van der Waals surface area contributed by atoms with Crippen LogP contribution in [0.3, 0.4) is 0 Å². The van der Waals surface area contributed by atoms with E-state index in [1.807, 2.05) is 51.1 Å². The van der Waals surface area contributed by atoms with Crippen LogP contribution in [0.5, 0.6) is 0 Å². The number of rotatable bonds is 4. The van der Waals surface area contributed by atoms with Gasteiger partial charge in [0.25, 0.3) is 17.7 Å². The fourth-order valence-corrected chi connectivity index (χ4v) is 4.05. The third kappa shape index (κ3) is 3.95. The molecule has 0 spiro atoms. The zero-order valence-electron chi connectivity index (χ0n) is 17.8. The van der Waals surface area contributed by atoms with Gasteiger partial charge in [-0.3, -0.25) is 29.0 Å². The molecule has 2 heterocycles. The van der Waals surface area contributed by atoms with Gasteiger partial charge in [-0.2, -0.15) is 0 Å². The Hall–Kier alpha value is -3.48. The van der Waals surface area contributed by atoms with Crippen LogP contribution in [-0.4, -0.2) is 45.0 Å². The summed E-state index contributed by atoms with van der Waals surface area (Å²) in [4.78, 5) is 53.9. The molecule has 7 heteroatoms. The standard InChI is InChI=1S/C24H25N3O4/c1-24(2,3)25-16-9-10-17-18(13-16)22(30)27(21(17)29)19-11-12-20(28)26(23(19)31)14-15-7-5-4-6-8-15/h4-10,13,19,25H,11-12,14H2,1-3H3. The highest BCUT2D eigenvalue weighted by Gasteiger charge is 2.47. The predicted octanol–water partition coefficient (Wildman–Crippen LogP) is 3.21. The molecule has 2 aromatic rings. The Bertz CT molecular complexity index is 1070. The molecule has 1 unspecified atom stereocenters. The van der Waals surface area contributed by atoms with Gasteiger partial charge in [0.2, 0.25) is 5.91 Å². The first kappa shape index (κ1) is 20.8. The number of anilines is 1. The average molecular weight is 419 g/mol. The molecule has 1 saturated heterocycles. The molecule has 2 aliphatic heterocycles. The second-order valence-corrected chi connectivity index (χ2v) is 8.97. The van der Waals surface area contributed by atoms with Crippen LogP contribution in [0.1, 0.15) is 59.9 Å². The van der Waals surface area contributed by atoms with Gasteiger partial charge in [0.1, 0.15) is 6.04 Å². The number of hydrogen-bond acceptors (Lipinski definition) is 5. The molecule has 2 aromatic carbocycles. The van der Waals surface area contributed by atoms with E-state index in [4.69, 9.17) is 0 Å². The third-order valence-electron chi connectivity index (χ3n) is 5.42. The number of carbonyl (C=O) groups excluding carboxylic acids is 4. The van der Waals surface area contributed by atoms with Gasteiger partial charge in [-0.25, -0.2) is 0 Å². The number of nitrogens with zero attached hydrogens (tertiary/aromatic N) is 2. The van der Waals surface area contributed by atoms with Crippen LogP contribution in [0.2, 0.25) is 0 Å². The maximum absolute atomic E-state index is 13.2. The molecule has 0 aromatic heterocycles. The summed E-state index contributed by atoms with van der Waals surface area (Å²) in [6.45, 7) is 6.12. The van der Waals surface area contributed by atoms with E-state index in [1.54, 1.807) is 18.2 Å². The number of benzene rings is 2. The summed E-state index contributed by atoms with van der Waals surface area (Å²) in [7, 11) is 0. The van der Waals surface area contributed by atoms with Gasteiger partial charge in [0, 0.05) is 17.6 Å². The molecule has 0 saturated carbocycles. The molecule has 160 valence electrons. The number of fused-ring (bicyclic) bond motifs is 1. The van der Waals surface area contributed by atoms with E-state index >= 15 is 0 Å². The summed E-state index contributed by atoms with van der Waals surface area (Å²) in [5.74, 6) is -1.79. The summed E-state index contributed by atoms with van der Waals surface area (Å²) in [5.41, 5.74) is 1.88. The number of imide groups is 2. The van der Waals surface area contributed by atoms with Crippen LogP contribution in [0.25, 0.3) is 0 Å². The van der Waals surface area contributed by atoms with Crippen molar-refractivity contribution in [3.63, 3.8) is 0 Å². The number of hydrogen-bond donors (Lipinski definition) is 1. The fourth-order valence-electron chi connectivity index (χ4n) is 4.05. The lowest BCUT2D eigenvalue weighted by Gasteiger charge is -2.34. The first-order valence-corrected chi connectivity index (χ1v) is 10.3. The molecule has 0 aliphatic carbocycles. The minimum Gasteiger partial charge on any atom is -0.380 e. The van der Waals surface area contributed by atoms with E-state index in [9.17, 15) is 19.2 Å². The second kappa shape index (κ2) is 7.65. The largest absolute Gasteiger partial charge is 0.380 e. The number of nitrogens with one attached hydrogen (secondary N) is 1. The lowest BCUT2D eigenvalue weighted by Crippen LogP contribution is -2.55. The maximum Gasteiger partial charge on any atom is 0.262 e. The van der Waals surface area contributed by atoms with Crippen molar-refractivity contribution in [3.8, 4) is 0 Å². The molecule has 2 aliphatic rings. The van der Waals surface area contributed by atoms with Crippen LogP contribution in [0.15, 0.2) is 48.5 Å². The van der Waals surface area contributed by atoms with Gasteiger partial charge in [0.05, 0.1) is 17.7 Å². The predicted molar refractivity (Wildman–Crippen MR) is 115 cm³/mol. The van der Waals surface area contributed by atoms with Crippen LogP contribution in [-0.2, 0) is 16.1 Å². The second-order valence-electron chi connectivity index (χ2n) is 8.97. The van der Waals surface area contributed by atoms with Crippen molar-refractivity contribution in [2.75, 3.05) is 5.32 Å². The van der Waals surface area contributed by atoms with Crippen molar-refractivity contribution in [1.29, 1.82) is 0 Å². The lowest BCUT2D eigenvalue weighted by molar-refractivity contribution is -0.152. The van der Waals surface area contributed by atoms with Crippen molar-refractivity contribution in [2.24, 2.45) is 0 Å². The van der Waals surface area contributed by atoms with E-state index in [-0.39, 0.29) is 42.0 Å². The molecule has 31 heavy (non-hydrogen) atoms. The number of amides is 4. The van der Waals surface area contributed by atoms with Crippen LogP contribution < -0.4 is 5.32 Å². The van der Waals surface area contributed by atoms with E-state index in [1.165, 1.54) is 0 Å². The van der Waals surface area contributed by atoms with Crippen molar-refractivity contribution in [1.82, 2.24) is 9.80 Å². The van der Waals surface area contributed by atoms with Gasteiger partial charge in [0.15, 0.2) is 0 Å². The highest BCUT2D eigenvalue weighted by Crippen LogP contribution is 2.31. The van der Waals surface area contributed by atoms with Gasteiger partial charge in [-0.1, -0.05) is 30.3 Å². The Balaban J connectivity index is 1.60. The van der Waals surface area contributed by atoms with Crippen molar-refractivity contribution in [3.05, 3.63) is 65.2 Å². The molecule has 0 bridgehead atoms. The number of carbonyl (C=O) groups is 4. The molecule has 1 N–H and O–H groups in total. The summed E-state index contributed by atoms with van der Waals surface area (Å²) in [6.07, 6.45) is 0.245. The van der Waals surface area contributed by atoms with E-state index in [0.29, 0.717) is 0 Å². The molecular weight excluding hydrogens is 394 g/mol. The SMILES string of the molecule is CC(C)(C)Nc1ccc2c(c1)C(=O)N(C1CCC(=O)N(Cc3ccccc3)C1=O)C2=O. The normalized spacial score (nSPS) is 19.1. The Morgan fingerprint density at radius 1 is 0.935 bits per heavy atom. The van der Waals surface area contributed by atoms with E-state index in [2.05, 4.69) is 5.32 Å². The minimum absolute atomic E-state index is 0.105. The number of likely N-dealkylation sites (tertiary alicyclic amines) is 1. The summed E-state index contributed by atoms with van der Waals surface area (Å²) in [6, 6.07) is 13.2. The summed E-state index contributed by atoms with van der Waals surface area (Å²) < 4.78 is 0. The first-order valence-electron chi connectivity index (χ1n) is 10.3. The molecule has 4 rings (SSSR count). The first-order chi connectivity index (χ1) is 14.7. The lowest BCUT2D eigenvalue weighted by atomic mass is 10.0. The molecular formula is C24H25N3O4. The number of piperidine rings is 1. The van der Waals surface area contributed by atoms with Crippen LogP contribution in [0, 0.1) is 0 Å². The summed E-state index contributed by atoms with van der Waals surface area (Å²) >= 11 is 0. The van der Waals surface area contributed by atoms with Gasteiger partial charge < -0.3 is 5.32 Å². The smallest absolute Gasteiger partial charge is 0.262 e. The summed E-state index contributed by atoms with van der Waals surface area (Å²) in [5, 5.41) is 3.29. The third-order valence-corrected chi connectivity index (χ3v) is 5.42. The van der Waals surface area contributed by atoms with Gasteiger partial charge in [-0.15, -0.1) is 0 Å². The Morgan fingerprint density at radius 2 is 1.61 bits per heavy atom. The van der Waals surface area contributed by atoms with Crippen molar-refractivity contribution >= 4 is 29.3 Å². The average Bonchev–Trinajstić information content (AvgIpc) is 2.95. The van der Waals surface area contributed by atoms with Crippen molar-refractivity contribution in [2.45, 2.75) is 51.7 Å². The van der Waals surface area contributed by atoms with Crippen LogP contribution in [0.4, 0.5) is 5.69 Å².